The highest BCUT2D eigenvalue weighted by molar-refractivity contribution is 5.78. The summed E-state index contributed by atoms with van der Waals surface area (Å²) >= 11 is 0. The largest absolute Gasteiger partial charge is 0.481 e. The van der Waals surface area contributed by atoms with E-state index in [0.717, 1.165) is 0 Å². The molecule has 1 amide bonds. The Morgan fingerprint density at radius 2 is 1.94 bits per heavy atom. The number of likely N-dealkylation sites (N-methyl/N-ethyl adjacent to an activating group) is 1. The number of nitrogens with zero attached hydrogens (tertiary/aromatic N) is 1. The summed E-state index contributed by atoms with van der Waals surface area (Å²) < 4.78 is 0. The number of hydrogen-bond acceptors (Lipinski definition) is 4. The SMILES string of the molecule is CCN(CC)C(=O)CNC1(CC(=O)O)CNC1. The first-order valence-corrected chi connectivity index (χ1v) is 5.98. The van der Waals surface area contributed by atoms with Crippen molar-refractivity contribution in [2.24, 2.45) is 0 Å². The molecule has 1 heterocycles. The molecule has 0 unspecified atom stereocenters. The molecule has 0 aliphatic carbocycles. The number of rotatable bonds is 7. The molecule has 1 fully saturated rings. The number of amides is 1. The van der Waals surface area contributed by atoms with Gasteiger partial charge in [-0.2, -0.15) is 0 Å². The van der Waals surface area contributed by atoms with Crippen molar-refractivity contribution < 1.29 is 14.7 Å². The molecule has 1 aliphatic heterocycles. The van der Waals surface area contributed by atoms with Gasteiger partial charge in [0, 0.05) is 26.2 Å². The summed E-state index contributed by atoms with van der Waals surface area (Å²) in [5, 5.41) is 14.9. The topological polar surface area (TPSA) is 81.7 Å². The molecular formula is C11H21N3O3. The van der Waals surface area contributed by atoms with Gasteiger partial charge in [-0.05, 0) is 13.8 Å². The molecule has 1 rings (SSSR count). The summed E-state index contributed by atoms with van der Waals surface area (Å²) in [5.74, 6) is -0.819. The Labute approximate surface area is 101 Å². The van der Waals surface area contributed by atoms with Crippen LogP contribution < -0.4 is 10.6 Å². The van der Waals surface area contributed by atoms with E-state index in [4.69, 9.17) is 5.11 Å². The zero-order valence-corrected chi connectivity index (χ0v) is 10.5. The highest BCUT2D eigenvalue weighted by Crippen LogP contribution is 2.15. The zero-order chi connectivity index (χ0) is 12.9. The Kier molecular flexibility index (Phi) is 4.89. The van der Waals surface area contributed by atoms with Gasteiger partial charge in [-0.25, -0.2) is 0 Å². The molecule has 3 N–H and O–H groups in total. The van der Waals surface area contributed by atoms with Gasteiger partial charge in [-0.1, -0.05) is 0 Å². The second-order valence-electron chi connectivity index (χ2n) is 4.37. The minimum absolute atomic E-state index is 0.0201. The van der Waals surface area contributed by atoms with E-state index in [-0.39, 0.29) is 18.9 Å². The van der Waals surface area contributed by atoms with E-state index >= 15 is 0 Å². The van der Waals surface area contributed by atoms with E-state index in [1.807, 2.05) is 13.8 Å². The summed E-state index contributed by atoms with van der Waals surface area (Å²) in [7, 11) is 0. The van der Waals surface area contributed by atoms with Crippen LogP contribution in [-0.4, -0.2) is 60.1 Å². The van der Waals surface area contributed by atoms with Gasteiger partial charge in [0.25, 0.3) is 0 Å². The van der Waals surface area contributed by atoms with Gasteiger partial charge in [0.15, 0.2) is 0 Å². The lowest BCUT2D eigenvalue weighted by Gasteiger charge is -2.42. The van der Waals surface area contributed by atoms with Crippen molar-refractivity contribution in [3.8, 4) is 0 Å². The van der Waals surface area contributed by atoms with Crippen molar-refractivity contribution in [1.29, 1.82) is 0 Å². The number of nitrogens with one attached hydrogen (secondary N) is 2. The maximum Gasteiger partial charge on any atom is 0.305 e. The minimum atomic E-state index is -0.839. The van der Waals surface area contributed by atoms with E-state index in [9.17, 15) is 9.59 Å². The molecule has 0 radical (unpaired) electrons. The Morgan fingerprint density at radius 1 is 1.35 bits per heavy atom. The fourth-order valence-corrected chi connectivity index (χ4v) is 1.98. The minimum Gasteiger partial charge on any atom is -0.481 e. The van der Waals surface area contributed by atoms with Gasteiger partial charge in [0.05, 0.1) is 18.5 Å². The lowest BCUT2D eigenvalue weighted by molar-refractivity contribution is -0.140. The molecule has 0 saturated carbocycles. The van der Waals surface area contributed by atoms with Crippen LogP contribution in [-0.2, 0) is 9.59 Å². The molecule has 98 valence electrons. The third-order valence-electron chi connectivity index (χ3n) is 3.15. The fourth-order valence-electron chi connectivity index (χ4n) is 1.98. The third-order valence-corrected chi connectivity index (χ3v) is 3.15. The molecule has 17 heavy (non-hydrogen) atoms. The fraction of sp³-hybridized carbons (Fsp3) is 0.818. The lowest BCUT2D eigenvalue weighted by Crippen LogP contribution is -2.69. The molecule has 0 atom stereocenters. The van der Waals surface area contributed by atoms with Crippen LogP contribution >= 0.6 is 0 Å². The first-order chi connectivity index (χ1) is 8.03. The summed E-state index contributed by atoms with van der Waals surface area (Å²) in [4.78, 5) is 24.2. The van der Waals surface area contributed by atoms with E-state index in [1.54, 1.807) is 4.90 Å². The van der Waals surface area contributed by atoms with Gasteiger partial charge < -0.3 is 15.3 Å². The number of carboxylic acids is 1. The van der Waals surface area contributed by atoms with Crippen molar-refractivity contribution in [3.05, 3.63) is 0 Å². The second-order valence-corrected chi connectivity index (χ2v) is 4.37. The highest BCUT2D eigenvalue weighted by atomic mass is 16.4. The molecule has 0 aromatic carbocycles. The van der Waals surface area contributed by atoms with Crippen molar-refractivity contribution in [2.75, 3.05) is 32.7 Å². The molecule has 6 heteroatoms. The van der Waals surface area contributed by atoms with Crippen LogP contribution in [0.3, 0.4) is 0 Å². The molecule has 1 aliphatic rings. The summed E-state index contributed by atoms with van der Waals surface area (Å²) in [6.07, 6.45) is 0.0472. The summed E-state index contributed by atoms with van der Waals surface area (Å²) in [6.45, 7) is 6.63. The Balaban J connectivity index is 2.42. The van der Waals surface area contributed by atoms with Crippen LogP contribution in [0.15, 0.2) is 0 Å². The summed E-state index contributed by atoms with van der Waals surface area (Å²) in [5.41, 5.74) is -0.450. The van der Waals surface area contributed by atoms with Crippen LogP contribution in [0.1, 0.15) is 20.3 Å². The van der Waals surface area contributed by atoms with Crippen LogP contribution in [0.2, 0.25) is 0 Å². The van der Waals surface area contributed by atoms with Crippen molar-refractivity contribution in [3.63, 3.8) is 0 Å². The first kappa shape index (κ1) is 13.9. The number of carbonyl (C=O) groups excluding carboxylic acids is 1. The second kappa shape index (κ2) is 5.97. The Bertz CT molecular complexity index is 286. The van der Waals surface area contributed by atoms with Crippen LogP contribution in [0.4, 0.5) is 0 Å². The first-order valence-electron chi connectivity index (χ1n) is 5.98. The van der Waals surface area contributed by atoms with Crippen LogP contribution in [0, 0.1) is 0 Å². The molecule has 0 bridgehead atoms. The Morgan fingerprint density at radius 3 is 2.29 bits per heavy atom. The van der Waals surface area contributed by atoms with Crippen LogP contribution in [0.25, 0.3) is 0 Å². The number of aliphatic carboxylic acids is 1. The van der Waals surface area contributed by atoms with Gasteiger partial charge >= 0.3 is 5.97 Å². The lowest BCUT2D eigenvalue weighted by atomic mass is 9.88. The smallest absolute Gasteiger partial charge is 0.305 e. The molecule has 1 saturated heterocycles. The van der Waals surface area contributed by atoms with E-state index in [1.165, 1.54) is 0 Å². The predicted molar refractivity (Wildman–Crippen MR) is 63.8 cm³/mol. The van der Waals surface area contributed by atoms with E-state index < -0.39 is 11.5 Å². The van der Waals surface area contributed by atoms with E-state index in [2.05, 4.69) is 10.6 Å². The Hall–Kier alpha value is -1.14. The maximum atomic E-state index is 11.8. The molecule has 6 nitrogen and oxygen atoms in total. The highest BCUT2D eigenvalue weighted by Gasteiger charge is 2.39. The monoisotopic (exact) mass is 243 g/mol. The van der Waals surface area contributed by atoms with Crippen molar-refractivity contribution in [2.45, 2.75) is 25.8 Å². The van der Waals surface area contributed by atoms with Gasteiger partial charge in [0.1, 0.15) is 0 Å². The molecular weight excluding hydrogens is 222 g/mol. The van der Waals surface area contributed by atoms with Crippen molar-refractivity contribution >= 4 is 11.9 Å². The van der Waals surface area contributed by atoms with Gasteiger partial charge in [-0.3, -0.25) is 14.9 Å². The average molecular weight is 243 g/mol. The quantitative estimate of drug-likeness (QED) is 0.549. The van der Waals surface area contributed by atoms with Gasteiger partial charge in [0.2, 0.25) is 5.91 Å². The number of hydrogen-bond donors (Lipinski definition) is 3. The molecule has 0 aromatic heterocycles. The summed E-state index contributed by atoms with van der Waals surface area (Å²) in [6, 6.07) is 0. The number of carbonyl (C=O) groups is 2. The predicted octanol–water partition coefficient (Wildman–Crippen LogP) is -0.739. The molecule has 0 aromatic rings. The van der Waals surface area contributed by atoms with Gasteiger partial charge in [-0.15, -0.1) is 0 Å². The average Bonchev–Trinajstić information content (AvgIpc) is 2.23. The van der Waals surface area contributed by atoms with E-state index in [0.29, 0.717) is 26.2 Å². The third kappa shape index (κ3) is 3.67. The molecule has 0 spiro atoms. The maximum absolute atomic E-state index is 11.8. The number of carboxylic acid groups (broad SMARTS) is 1. The van der Waals surface area contributed by atoms with Crippen LogP contribution in [0.5, 0.6) is 0 Å². The van der Waals surface area contributed by atoms with Crippen molar-refractivity contribution in [1.82, 2.24) is 15.5 Å². The zero-order valence-electron chi connectivity index (χ0n) is 10.5. The standard InChI is InChI=1S/C11H21N3O3/c1-3-14(4-2)9(15)6-13-11(5-10(16)17)7-12-8-11/h12-13H,3-8H2,1-2H3,(H,16,17). The normalized spacial score (nSPS) is 17.3.